The van der Waals surface area contributed by atoms with Crippen LogP contribution in [0.3, 0.4) is 0 Å². The number of aliphatic hydroxyl groups is 1. The summed E-state index contributed by atoms with van der Waals surface area (Å²) in [4.78, 5) is 30.8. The zero-order valence-corrected chi connectivity index (χ0v) is 22.4. The van der Waals surface area contributed by atoms with Gasteiger partial charge < -0.3 is 25.0 Å². The van der Waals surface area contributed by atoms with Crippen LogP contribution >= 0.6 is 0 Å². The molecule has 1 aromatic carbocycles. The minimum Gasteiger partial charge on any atom is -0.396 e. The van der Waals surface area contributed by atoms with E-state index in [4.69, 9.17) is 14.7 Å². The van der Waals surface area contributed by atoms with Crippen molar-refractivity contribution >= 4 is 28.7 Å². The van der Waals surface area contributed by atoms with Crippen LogP contribution in [0.2, 0.25) is 0 Å². The Labute approximate surface area is 231 Å². The predicted octanol–water partition coefficient (Wildman–Crippen LogP) is 3.40. The first kappa shape index (κ1) is 26.8. The number of ether oxygens (including phenoxy) is 1. The summed E-state index contributed by atoms with van der Waals surface area (Å²) in [7, 11) is 0. The molecule has 1 atom stereocenters. The highest BCUT2D eigenvalue weighted by molar-refractivity contribution is 5.79. The second kappa shape index (κ2) is 11.6. The number of halogens is 2. The van der Waals surface area contributed by atoms with Crippen molar-refractivity contribution < 1.29 is 23.4 Å². The van der Waals surface area contributed by atoms with Crippen molar-refractivity contribution in [3.05, 3.63) is 36.2 Å². The van der Waals surface area contributed by atoms with Crippen LogP contribution in [0.5, 0.6) is 0 Å². The van der Waals surface area contributed by atoms with Crippen LogP contribution in [0, 0.1) is 11.8 Å². The lowest BCUT2D eigenvalue weighted by atomic mass is 9.82. The molecule has 3 fully saturated rings. The largest absolute Gasteiger partial charge is 0.396 e. The Balaban J connectivity index is 1.26. The molecule has 1 aliphatic carbocycles. The van der Waals surface area contributed by atoms with E-state index in [-0.39, 0.29) is 30.3 Å². The fraction of sp³-hybridized carbons (Fsp3) is 0.571. The van der Waals surface area contributed by atoms with Gasteiger partial charge in [0.15, 0.2) is 5.82 Å². The fourth-order valence-corrected chi connectivity index (χ4v) is 6.08. The first-order chi connectivity index (χ1) is 19.5. The standard InChI is InChI=1S/C28H35F2N7O3/c29-25(30)26-32-21-3-1-2-4-22(21)37(26)24-15-23(33-28(34-24)35-11-13-40-14-12-35)31-20-9-10-36(16-20)27(39)19-7-5-18(17-38)6-8-19/h1-4,15,18-20,25,38H,5-14,16-17H2,(H,31,33,34)/t18-,19-,20-/m0/s1. The van der Waals surface area contributed by atoms with Crippen molar-refractivity contribution in [2.75, 3.05) is 56.2 Å². The molecule has 10 nitrogen and oxygen atoms in total. The van der Waals surface area contributed by atoms with Crippen LogP contribution in [-0.4, -0.2) is 87.5 Å². The van der Waals surface area contributed by atoms with Gasteiger partial charge in [-0.3, -0.25) is 9.36 Å². The molecule has 2 saturated heterocycles. The number of imidazole rings is 1. The highest BCUT2D eigenvalue weighted by Gasteiger charge is 2.33. The summed E-state index contributed by atoms with van der Waals surface area (Å²) in [6.45, 7) is 3.67. The molecule has 0 spiro atoms. The Morgan fingerprint density at radius 1 is 1.05 bits per heavy atom. The van der Waals surface area contributed by atoms with Crippen LogP contribution in [-0.2, 0) is 9.53 Å². The van der Waals surface area contributed by atoms with E-state index in [9.17, 15) is 18.7 Å². The fourth-order valence-electron chi connectivity index (χ4n) is 6.08. The number of nitrogens with one attached hydrogen (secondary N) is 1. The van der Waals surface area contributed by atoms with Crippen LogP contribution in [0.4, 0.5) is 20.5 Å². The van der Waals surface area contributed by atoms with Gasteiger partial charge in [0.25, 0.3) is 6.43 Å². The summed E-state index contributed by atoms with van der Waals surface area (Å²) < 4.78 is 35.2. The number of aliphatic hydroxyl groups excluding tert-OH is 1. The molecule has 2 N–H and O–H groups in total. The third-order valence-electron chi connectivity index (χ3n) is 8.31. The van der Waals surface area contributed by atoms with Gasteiger partial charge in [0.1, 0.15) is 11.6 Å². The van der Waals surface area contributed by atoms with Gasteiger partial charge in [-0.1, -0.05) is 12.1 Å². The van der Waals surface area contributed by atoms with Crippen molar-refractivity contribution in [2.24, 2.45) is 11.8 Å². The van der Waals surface area contributed by atoms with Crippen LogP contribution < -0.4 is 10.2 Å². The second-order valence-corrected chi connectivity index (χ2v) is 10.9. The molecule has 2 aromatic heterocycles. The van der Waals surface area contributed by atoms with E-state index in [0.717, 1.165) is 32.1 Å². The molecule has 0 radical (unpaired) electrons. The molecule has 3 aromatic rings. The molecule has 0 bridgehead atoms. The minimum absolute atomic E-state index is 0.0161. The molecule has 6 rings (SSSR count). The number of nitrogens with zero attached hydrogens (tertiary/aromatic N) is 6. The van der Waals surface area contributed by atoms with Crippen LogP contribution in [0.25, 0.3) is 16.9 Å². The normalized spacial score (nSPS) is 23.8. The van der Waals surface area contributed by atoms with Crippen molar-refractivity contribution in [1.82, 2.24) is 24.4 Å². The number of benzene rings is 1. The summed E-state index contributed by atoms with van der Waals surface area (Å²) in [5.74, 6) is 1.41. The molecule has 214 valence electrons. The van der Waals surface area contributed by atoms with Gasteiger partial charge in [-0.25, -0.2) is 13.8 Å². The predicted molar refractivity (Wildman–Crippen MR) is 146 cm³/mol. The molecule has 4 heterocycles. The van der Waals surface area contributed by atoms with Crippen molar-refractivity contribution in [3.8, 4) is 5.82 Å². The summed E-state index contributed by atoms with van der Waals surface area (Å²) >= 11 is 0. The number of carbonyl (C=O) groups excluding carboxylic acids is 1. The number of fused-ring (bicyclic) bond motifs is 1. The lowest BCUT2D eigenvalue weighted by Gasteiger charge is -2.30. The average molecular weight is 556 g/mol. The number of hydrogen-bond donors (Lipinski definition) is 2. The minimum atomic E-state index is -2.78. The second-order valence-electron chi connectivity index (χ2n) is 10.9. The smallest absolute Gasteiger partial charge is 0.296 e. The Hall–Kier alpha value is -3.38. The van der Waals surface area contributed by atoms with Crippen molar-refractivity contribution in [1.29, 1.82) is 0 Å². The van der Waals surface area contributed by atoms with Crippen molar-refractivity contribution in [3.63, 3.8) is 0 Å². The summed E-state index contributed by atoms with van der Waals surface area (Å²) in [5, 5.41) is 12.9. The number of likely N-dealkylation sites (tertiary alicyclic amines) is 1. The van der Waals surface area contributed by atoms with Gasteiger partial charge in [0.2, 0.25) is 11.9 Å². The number of para-hydroxylation sites is 2. The number of hydrogen-bond acceptors (Lipinski definition) is 8. The zero-order valence-electron chi connectivity index (χ0n) is 22.4. The van der Waals surface area contributed by atoms with Gasteiger partial charge in [-0.05, 0) is 50.2 Å². The molecule has 2 aliphatic heterocycles. The Morgan fingerprint density at radius 2 is 1.82 bits per heavy atom. The summed E-state index contributed by atoms with van der Waals surface area (Å²) in [5.41, 5.74) is 1.01. The number of rotatable bonds is 7. The van der Waals surface area contributed by atoms with E-state index in [2.05, 4.69) is 10.3 Å². The first-order valence-corrected chi connectivity index (χ1v) is 14.1. The van der Waals surface area contributed by atoms with Gasteiger partial charge in [-0.2, -0.15) is 9.97 Å². The topological polar surface area (TPSA) is 109 Å². The Kier molecular flexibility index (Phi) is 7.79. The monoisotopic (exact) mass is 555 g/mol. The molecule has 3 aliphatic rings. The first-order valence-electron chi connectivity index (χ1n) is 14.1. The highest BCUT2D eigenvalue weighted by atomic mass is 19.3. The maximum absolute atomic E-state index is 14.1. The molecular weight excluding hydrogens is 520 g/mol. The van der Waals surface area contributed by atoms with E-state index in [1.807, 2.05) is 9.80 Å². The SMILES string of the molecule is O=C([C@H]1CC[C@H](CO)CC1)N1CC[C@H](Nc2cc(-n3c(C(F)F)nc4ccccc43)nc(N3CCOCC3)n2)C1. The average Bonchev–Trinajstić information content (AvgIpc) is 3.62. The summed E-state index contributed by atoms with van der Waals surface area (Å²) in [6, 6.07) is 8.69. The van der Waals surface area contributed by atoms with Gasteiger partial charge in [0.05, 0.1) is 24.2 Å². The van der Waals surface area contributed by atoms with E-state index in [1.165, 1.54) is 4.57 Å². The van der Waals surface area contributed by atoms with E-state index in [0.29, 0.717) is 73.9 Å². The molecule has 12 heteroatoms. The number of anilines is 2. The number of aromatic nitrogens is 4. The summed E-state index contributed by atoms with van der Waals surface area (Å²) in [6.07, 6.45) is 1.40. The number of amides is 1. The van der Waals surface area contributed by atoms with E-state index >= 15 is 0 Å². The lowest BCUT2D eigenvalue weighted by molar-refractivity contribution is -0.135. The number of carbonyl (C=O) groups is 1. The van der Waals surface area contributed by atoms with Crippen molar-refractivity contribution in [2.45, 2.75) is 44.6 Å². The van der Waals surface area contributed by atoms with Crippen LogP contribution in [0.1, 0.15) is 44.4 Å². The lowest BCUT2D eigenvalue weighted by Crippen LogP contribution is -2.38. The van der Waals surface area contributed by atoms with Gasteiger partial charge in [-0.15, -0.1) is 0 Å². The molecular formula is C28H35F2N7O3. The molecule has 0 unspecified atom stereocenters. The quantitative estimate of drug-likeness (QED) is 0.457. The molecule has 40 heavy (non-hydrogen) atoms. The number of alkyl halides is 2. The Bertz CT molecular complexity index is 1340. The number of morpholine rings is 1. The van der Waals surface area contributed by atoms with Crippen LogP contribution in [0.15, 0.2) is 30.3 Å². The van der Waals surface area contributed by atoms with Gasteiger partial charge >= 0.3 is 0 Å². The maximum atomic E-state index is 14.1. The van der Waals surface area contributed by atoms with E-state index in [1.54, 1.807) is 30.3 Å². The Morgan fingerprint density at radius 3 is 2.58 bits per heavy atom. The van der Waals surface area contributed by atoms with E-state index < -0.39 is 6.43 Å². The highest BCUT2D eigenvalue weighted by Crippen LogP contribution is 2.32. The zero-order chi connectivity index (χ0) is 27.6. The molecule has 1 saturated carbocycles. The van der Waals surface area contributed by atoms with Gasteiger partial charge in [0, 0.05) is 50.8 Å². The third-order valence-corrected chi connectivity index (χ3v) is 8.31. The third kappa shape index (κ3) is 5.46. The maximum Gasteiger partial charge on any atom is 0.296 e. The molecule has 1 amide bonds.